The van der Waals surface area contributed by atoms with Gasteiger partial charge in [0.15, 0.2) is 0 Å². The lowest BCUT2D eigenvalue weighted by atomic mass is 10.0. The predicted molar refractivity (Wildman–Crippen MR) is 61.4 cm³/mol. The first kappa shape index (κ1) is 11.9. The fourth-order valence-electron chi connectivity index (χ4n) is 1.45. The van der Waals surface area contributed by atoms with Gasteiger partial charge in [0.1, 0.15) is 0 Å². The van der Waals surface area contributed by atoms with Gasteiger partial charge in [0, 0.05) is 12.1 Å². The van der Waals surface area contributed by atoms with Gasteiger partial charge in [-0.05, 0) is 39.4 Å². The SMILES string of the molecule is CC(C)(N)CNC(=O)C1(C)CCCS1. The zero-order valence-electron chi connectivity index (χ0n) is 9.22. The summed E-state index contributed by atoms with van der Waals surface area (Å²) in [5.41, 5.74) is 5.48. The number of thioether (sulfide) groups is 1. The highest BCUT2D eigenvalue weighted by atomic mass is 32.2. The third-order valence-corrected chi connectivity index (χ3v) is 3.92. The van der Waals surface area contributed by atoms with Crippen LogP contribution in [-0.2, 0) is 4.79 Å². The molecule has 1 amide bonds. The van der Waals surface area contributed by atoms with E-state index < -0.39 is 0 Å². The van der Waals surface area contributed by atoms with Crippen LogP contribution < -0.4 is 11.1 Å². The Kier molecular flexibility index (Phi) is 3.48. The van der Waals surface area contributed by atoms with Crippen molar-refractivity contribution >= 4 is 17.7 Å². The molecule has 3 N–H and O–H groups in total. The summed E-state index contributed by atoms with van der Waals surface area (Å²) in [6.07, 6.45) is 2.12. The monoisotopic (exact) mass is 216 g/mol. The Hall–Kier alpha value is -0.220. The molecule has 1 fully saturated rings. The Morgan fingerprint density at radius 3 is 2.71 bits per heavy atom. The minimum absolute atomic E-state index is 0.138. The summed E-state index contributed by atoms with van der Waals surface area (Å²) in [5, 5.41) is 2.92. The lowest BCUT2D eigenvalue weighted by Gasteiger charge is -2.25. The van der Waals surface area contributed by atoms with E-state index in [0.717, 1.165) is 18.6 Å². The third kappa shape index (κ3) is 3.17. The zero-order valence-corrected chi connectivity index (χ0v) is 10.0. The van der Waals surface area contributed by atoms with Gasteiger partial charge in [-0.15, -0.1) is 11.8 Å². The van der Waals surface area contributed by atoms with Crippen LogP contribution in [0.4, 0.5) is 0 Å². The molecule has 1 saturated heterocycles. The maximum absolute atomic E-state index is 11.8. The second kappa shape index (κ2) is 4.11. The summed E-state index contributed by atoms with van der Waals surface area (Å²) in [5.74, 6) is 1.23. The Balaban J connectivity index is 2.42. The number of nitrogens with one attached hydrogen (secondary N) is 1. The van der Waals surface area contributed by atoms with Crippen LogP contribution in [0, 0.1) is 0 Å². The predicted octanol–water partition coefficient (Wildman–Crippen LogP) is 1.13. The first-order chi connectivity index (χ1) is 6.33. The van der Waals surface area contributed by atoms with Crippen molar-refractivity contribution in [3.05, 3.63) is 0 Å². The molecule has 14 heavy (non-hydrogen) atoms. The van der Waals surface area contributed by atoms with Gasteiger partial charge in [-0.2, -0.15) is 0 Å². The summed E-state index contributed by atoms with van der Waals surface area (Å²) in [6, 6.07) is 0. The normalized spacial score (nSPS) is 27.7. The molecule has 1 aliphatic rings. The van der Waals surface area contributed by atoms with Crippen molar-refractivity contribution < 1.29 is 4.79 Å². The second-order valence-electron chi connectivity index (χ2n) is 4.85. The Morgan fingerprint density at radius 1 is 1.64 bits per heavy atom. The third-order valence-electron chi connectivity index (χ3n) is 2.40. The molecule has 1 heterocycles. The van der Waals surface area contributed by atoms with Gasteiger partial charge in [-0.25, -0.2) is 0 Å². The fraction of sp³-hybridized carbons (Fsp3) is 0.900. The van der Waals surface area contributed by atoms with E-state index in [9.17, 15) is 4.79 Å². The van der Waals surface area contributed by atoms with Crippen molar-refractivity contribution in [1.29, 1.82) is 0 Å². The molecule has 0 aliphatic carbocycles. The van der Waals surface area contributed by atoms with E-state index in [4.69, 9.17) is 5.73 Å². The number of rotatable bonds is 3. The summed E-state index contributed by atoms with van der Waals surface area (Å²) >= 11 is 1.75. The minimum Gasteiger partial charge on any atom is -0.353 e. The maximum atomic E-state index is 11.8. The van der Waals surface area contributed by atoms with Gasteiger partial charge >= 0.3 is 0 Å². The molecule has 82 valence electrons. The van der Waals surface area contributed by atoms with Crippen LogP contribution in [0.2, 0.25) is 0 Å². The van der Waals surface area contributed by atoms with E-state index in [1.54, 1.807) is 11.8 Å². The lowest BCUT2D eigenvalue weighted by Crippen LogP contribution is -2.49. The maximum Gasteiger partial charge on any atom is 0.236 e. The van der Waals surface area contributed by atoms with Crippen molar-refractivity contribution in [2.24, 2.45) is 5.73 Å². The summed E-state index contributed by atoms with van der Waals surface area (Å²) in [6.45, 7) is 6.39. The van der Waals surface area contributed by atoms with E-state index in [2.05, 4.69) is 5.32 Å². The van der Waals surface area contributed by atoms with Gasteiger partial charge in [0.05, 0.1) is 4.75 Å². The highest BCUT2D eigenvalue weighted by Crippen LogP contribution is 2.37. The first-order valence-electron chi connectivity index (χ1n) is 5.05. The molecular weight excluding hydrogens is 196 g/mol. The summed E-state index contributed by atoms with van der Waals surface area (Å²) in [7, 11) is 0. The average molecular weight is 216 g/mol. The van der Waals surface area contributed by atoms with Crippen molar-refractivity contribution in [2.75, 3.05) is 12.3 Å². The average Bonchev–Trinajstić information content (AvgIpc) is 2.48. The summed E-state index contributed by atoms with van der Waals surface area (Å²) < 4.78 is -0.217. The van der Waals surface area contributed by atoms with Crippen LogP contribution in [0.1, 0.15) is 33.6 Å². The molecule has 3 nitrogen and oxygen atoms in total. The second-order valence-corrected chi connectivity index (χ2v) is 6.45. The van der Waals surface area contributed by atoms with Crippen molar-refractivity contribution in [3.8, 4) is 0 Å². The molecule has 1 atom stereocenters. The van der Waals surface area contributed by atoms with Crippen LogP contribution in [0.3, 0.4) is 0 Å². The highest BCUT2D eigenvalue weighted by Gasteiger charge is 2.37. The van der Waals surface area contributed by atoms with Gasteiger partial charge in [-0.1, -0.05) is 0 Å². The molecule has 0 aromatic heterocycles. The standard InChI is InChI=1S/C10H20N2OS/c1-9(2,11)7-12-8(13)10(3)5-4-6-14-10/h4-7,11H2,1-3H3,(H,12,13). The Morgan fingerprint density at radius 2 is 2.29 bits per heavy atom. The molecule has 1 unspecified atom stereocenters. The molecule has 4 heteroatoms. The van der Waals surface area contributed by atoms with Crippen LogP contribution >= 0.6 is 11.8 Å². The van der Waals surface area contributed by atoms with Crippen LogP contribution in [0.25, 0.3) is 0 Å². The molecule has 0 spiro atoms. The van der Waals surface area contributed by atoms with Crippen LogP contribution in [0.5, 0.6) is 0 Å². The molecule has 0 bridgehead atoms. The first-order valence-corrected chi connectivity index (χ1v) is 6.03. The van der Waals surface area contributed by atoms with Crippen LogP contribution in [-0.4, -0.2) is 28.5 Å². The largest absolute Gasteiger partial charge is 0.353 e. The number of carbonyl (C=O) groups is 1. The number of hydrogen-bond donors (Lipinski definition) is 2. The molecule has 0 saturated carbocycles. The number of carbonyl (C=O) groups excluding carboxylic acids is 1. The lowest BCUT2D eigenvalue weighted by molar-refractivity contribution is -0.123. The topological polar surface area (TPSA) is 55.1 Å². The van der Waals surface area contributed by atoms with E-state index in [1.165, 1.54) is 0 Å². The van der Waals surface area contributed by atoms with Gasteiger partial charge < -0.3 is 11.1 Å². The Bertz CT molecular complexity index is 217. The molecule has 1 aliphatic heterocycles. The minimum atomic E-state index is -0.324. The van der Waals surface area contributed by atoms with Crippen molar-refractivity contribution in [1.82, 2.24) is 5.32 Å². The number of hydrogen-bond acceptors (Lipinski definition) is 3. The van der Waals surface area contributed by atoms with E-state index in [1.807, 2.05) is 20.8 Å². The zero-order chi connectivity index (χ0) is 10.8. The molecule has 0 aromatic rings. The number of nitrogens with two attached hydrogens (primary N) is 1. The van der Waals surface area contributed by atoms with Crippen LogP contribution in [0.15, 0.2) is 0 Å². The van der Waals surface area contributed by atoms with E-state index in [0.29, 0.717) is 6.54 Å². The smallest absolute Gasteiger partial charge is 0.236 e. The van der Waals surface area contributed by atoms with Gasteiger partial charge in [-0.3, -0.25) is 4.79 Å². The summed E-state index contributed by atoms with van der Waals surface area (Å²) in [4.78, 5) is 11.8. The Labute approximate surface area is 90.2 Å². The quantitative estimate of drug-likeness (QED) is 0.743. The van der Waals surface area contributed by atoms with Gasteiger partial charge in [0.25, 0.3) is 0 Å². The molecule has 1 rings (SSSR count). The molecule has 0 aromatic carbocycles. The van der Waals surface area contributed by atoms with Crippen molar-refractivity contribution in [3.63, 3.8) is 0 Å². The number of amides is 1. The highest BCUT2D eigenvalue weighted by molar-refractivity contribution is 8.01. The molecule has 0 radical (unpaired) electrons. The van der Waals surface area contributed by atoms with E-state index in [-0.39, 0.29) is 16.2 Å². The van der Waals surface area contributed by atoms with Gasteiger partial charge in [0.2, 0.25) is 5.91 Å². The molecular formula is C10H20N2OS. The fourth-order valence-corrected chi connectivity index (χ4v) is 2.68. The van der Waals surface area contributed by atoms with E-state index >= 15 is 0 Å². The van der Waals surface area contributed by atoms with Crippen molar-refractivity contribution in [2.45, 2.75) is 43.9 Å².